The first kappa shape index (κ1) is 23.2. The monoisotopic (exact) mass is 463 g/mol. The van der Waals surface area contributed by atoms with E-state index in [0.717, 1.165) is 6.07 Å². The molecule has 0 radical (unpaired) electrons. The van der Waals surface area contributed by atoms with Gasteiger partial charge in [-0.2, -0.15) is 0 Å². The maximum atomic E-state index is 12.5. The second kappa shape index (κ2) is 10.1. The lowest BCUT2D eigenvalue weighted by Crippen LogP contribution is -2.27. The number of aromatic hydroxyl groups is 1. The third kappa shape index (κ3) is 6.48. The third-order valence-electron chi connectivity index (χ3n) is 3.60. The molecule has 0 aromatic heterocycles. The number of methoxy groups -OCH3 is 2. The fourth-order valence-electron chi connectivity index (χ4n) is 2.37. The number of anilines is 1. The number of rotatable bonds is 9. The Labute approximate surface area is 178 Å². The minimum atomic E-state index is -4.02. The van der Waals surface area contributed by atoms with E-state index in [0.29, 0.717) is 0 Å². The highest BCUT2D eigenvalue weighted by molar-refractivity contribution is 7.92. The van der Waals surface area contributed by atoms with E-state index in [-0.39, 0.29) is 39.4 Å². The van der Waals surface area contributed by atoms with E-state index in [1.165, 1.54) is 44.6 Å². The van der Waals surface area contributed by atoms with Crippen molar-refractivity contribution in [1.82, 2.24) is 0 Å². The highest BCUT2D eigenvalue weighted by Crippen LogP contribution is 2.27. The predicted octanol–water partition coefficient (Wildman–Crippen LogP) is 3.32. The summed E-state index contributed by atoms with van der Waals surface area (Å²) in [6, 6.07) is 7.48. The first-order chi connectivity index (χ1) is 13.7. The molecule has 11 heteroatoms. The summed E-state index contributed by atoms with van der Waals surface area (Å²) in [4.78, 5) is 12.1. The van der Waals surface area contributed by atoms with Crippen LogP contribution in [0.3, 0.4) is 0 Å². The van der Waals surface area contributed by atoms with Crippen LogP contribution in [-0.4, -0.2) is 53.0 Å². The van der Waals surface area contributed by atoms with Gasteiger partial charge in [0.2, 0.25) is 0 Å². The topological polar surface area (TPSA) is 111 Å². The molecule has 0 atom stereocenters. The molecule has 8 nitrogen and oxygen atoms in total. The standard InChI is InChI=1S/C18H19Cl2NO7S/c1-26-9-14(10-27-2)28-18(23)16-4-3-13(8-17(16)22)21-29(24,25)15-6-11(19)5-12(20)7-15/h3-8,14,21-22H,9-10H2,1-2H3. The minimum Gasteiger partial charge on any atom is -0.507 e. The maximum Gasteiger partial charge on any atom is 0.342 e. The second-order valence-corrected chi connectivity index (χ2v) is 8.44. The van der Waals surface area contributed by atoms with Crippen LogP contribution in [0, 0.1) is 0 Å². The van der Waals surface area contributed by atoms with Crippen molar-refractivity contribution in [3.63, 3.8) is 0 Å². The molecule has 0 aliphatic heterocycles. The Morgan fingerprint density at radius 1 is 1.07 bits per heavy atom. The van der Waals surface area contributed by atoms with Crippen LogP contribution in [0.25, 0.3) is 0 Å². The lowest BCUT2D eigenvalue weighted by Gasteiger charge is -2.17. The lowest BCUT2D eigenvalue weighted by molar-refractivity contribution is -0.0225. The van der Waals surface area contributed by atoms with Crippen LogP contribution in [-0.2, 0) is 24.2 Å². The van der Waals surface area contributed by atoms with Crippen LogP contribution >= 0.6 is 23.2 Å². The molecule has 0 aliphatic carbocycles. The second-order valence-electron chi connectivity index (χ2n) is 5.88. The average Bonchev–Trinajstić information content (AvgIpc) is 2.61. The van der Waals surface area contributed by atoms with E-state index in [1.807, 2.05) is 0 Å². The summed E-state index contributed by atoms with van der Waals surface area (Å²) < 4.78 is 42.4. The molecule has 2 rings (SSSR count). The van der Waals surface area contributed by atoms with Gasteiger partial charge >= 0.3 is 5.97 Å². The molecule has 0 saturated heterocycles. The maximum absolute atomic E-state index is 12.5. The Morgan fingerprint density at radius 2 is 1.66 bits per heavy atom. The largest absolute Gasteiger partial charge is 0.507 e. The first-order valence-corrected chi connectivity index (χ1v) is 10.4. The molecular formula is C18H19Cl2NO7S. The predicted molar refractivity (Wildman–Crippen MR) is 108 cm³/mol. The van der Waals surface area contributed by atoms with Gasteiger partial charge in [-0.3, -0.25) is 4.72 Å². The molecule has 0 bridgehead atoms. The quantitative estimate of drug-likeness (QED) is 0.548. The summed E-state index contributed by atoms with van der Waals surface area (Å²) in [7, 11) is -1.13. The zero-order valence-corrected chi connectivity index (χ0v) is 17.8. The number of halogens is 2. The zero-order chi connectivity index (χ0) is 21.6. The van der Waals surface area contributed by atoms with Gasteiger partial charge in [0.05, 0.1) is 23.8 Å². The molecule has 0 spiro atoms. The van der Waals surface area contributed by atoms with E-state index >= 15 is 0 Å². The summed E-state index contributed by atoms with van der Waals surface area (Å²) in [5.41, 5.74) is -0.114. The Kier molecular flexibility index (Phi) is 8.12. The number of carbonyl (C=O) groups excluding carboxylic acids is 1. The Balaban J connectivity index is 2.19. The fourth-order valence-corrected chi connectivity index (χ4v) is 4.14. The highest BCUT2D eigenvalue weighted by atomic mass is 35.5. The normalized spacial score (nSPS) is 11.5. The van der Waals surface area contributed by atoms with Crippen LogP contribution in [0.2, 0.25) is 10.0 Å². The molecule has 2 aromatic carbocycles. The average molecular weight is 464 g/mol. The summed E-state index contributed by atoms with van der Waals surface area (Å²) in [5.74, 6) is -1.27. The SMILES string of the molecule is COCC(COC)OC(=O)c1ccc(NS(=O)(=O)c2cc(Cl)cc(Cl)c2)cc1O. The van der Waals surface area contributed by atoms with Crippen molar-refractivity contribution in [3.05, 3.63) is 52.0 Å². The summed E-state index contributed by atoms with van der Waals surface area (Å²) in [6.07, 6.45) is -0.664. The summed E-state index contributed by atoms with van der Waals surface area (Å²) >= 11 is 11.7. The molecule has 0 amide bonds. The number of sulfonamides is 1. The van der Waals surface area contributed by atoms with Gasteiger partial charge in [0.1, 0.15) is 17.4 Å². The molecule has 2 N–H and O–H groups in total. The summed E-state index contributed by atoms with van der Waals surface area (Å²) in [6.45, 7) is 0.223. The number of hydrogen-bond donors (Lipinski definition) is 2. The minimum absolute atomic E-state index is 0.0282. The van der Waals surface area contributed by atoms with Crippen molar-refractivity contribution in [1.29, 1.82) is 0 Å². The van der Waals surface area contributed by atoms with Gasteiger partial charge in [-0.15, -0.1) is 0 Å². The molecule has 158 valence electrons. The molecule has 0 heterocycles. The van der Waals surface area contributed by atoms with Crippen molar-refractivity contribution < 1.29 is 32.5 Å². The van der Waals surface area contributed by atoms with Crippen LogP contribution in [0.4, 0.5) is 5.69 Å². The van der Waals surface area contributed by atoms with Crippen molar-refractivity contribution in [2.45, 2.75) is 11.0 Å². The van der Waals surface area contributed by atoms with Crippen molar-refractivity contribution in [3.8, 4) is 5.75 Å². The summed E-state index contributed by atoms with van der Waals surface area (Å²) in [5, 5.41) is 10.5. The number of phenolic OH excluding ortho intramolecular Hbond substituents is 1. The molecule has 0 fully saturated rings. The molecular weight excluding hydrogens is 445 g/mol. The van der Waals surface area contributed by atoms with Crippen LogP contribution in [0.15, 0.2) is 41.3 Å². The van der Waals surface area contributed by atoms with E-state index in [1.54, 1.807) is 0 Å². The fraction of sp³-hybridized carbons (Fsp3) is 0.278. The van der Waals surface area contributed by atoms with Crippen LogP contribution < -0.4 is 4.72 Å². The Morgan fingerprint density at radius 3 is 2.17 bits per heavy atom. The Bertz CT molecular complexity index is 956. The lowest BCUT2D eigenvalue weighted by atomic mass is 10.2. The molecule has 0 unspecified atom stereocenters. The van der Waals surface area contributed by atoms with Crippen LogP contribution in [0.5, 0.6) is 5.75 Å². The van der Waals surface area contributed by atoms with Gasteiger partial charge < -0.3 is 19.3 Å². The van der Waals surface area contributed by atoms with Gasteiger partial charge in [0.15, 0.2) is 0 Å². The molecule has 29 heavy (non-hydrogen) atoms. The number of carbonyl (C=O) groups is 1. The number of benzene rings is 2. The van der Waals surface area contributed by atoms with E-state index < -0.39 is 27.8 Å². The number of hydrogen-bond acceptors (Lipinski definition) is 7. The van der Waals surface area contributed by atoms with Crippen LogP contribution in [0.1, 0.15) is 10.4 Å². The van der Waals surface area contributed by atoms with E-state index in [4.69, 9.17) is 37.4 Å². The van der Waals surface area contributed by atoms with Gasteiger partial charge in [0.25, 0.3) is 10.0 Å². The van der Waals surface area contributed by atoms with Gasteiger partial charge in [-0.1, -0.05) is 23.2 Å². The molecule has 0 saturated carbocycles. The number of ether oxygens (including phenoxy) is 3. The Hall–Kier alpha value is -2.04. The smallest absolute Gasteiger partial charge is 0.342 e. The van der Waals surface area contributed by atoms with E-state index in [2.05, 4.69) is 4.72 Å². The molecule has 2 aromatic rings. The number of esters is 1. The third-order valence-corrected chi connectivity index (χ3v) is 5.39. The molecule has 0 aliphatic rings. The van der Waals surface area contributed by atoms with Gasteiger partial charge in [-0.05, 0) is 30.3 Å². The first-order valence-electron chi connectivity index (χ1n) is 8.17. The van der Waals surface area contributed by atoms with Crippen molar-refractivity contribution in [2.75, 3.05) is 32.2 Å². The van der Waals surface area contributed by atoms with Crippen molar-refractivity contribution in [2.24, 2.45) is 0 Å². The van der Waals surface area contributed by atoms with Gasteiger partial charge in [-0.25, -0.2) is 13.2 Å². The van der Waals surface area contributed by atoms with Gasteiger partial charge in [0, 0.05) is 30.3 Å². The van der Waals surface area contributed by atoms with E-state index in [9.17, 15) is 18.3 Å². The number of nitrogens with one attached hydrogen (secondary N) is 1. The highest BCUT2D eigenvalue weighted by Gasteiger charge is 2.21. The number of phenols is 1. The van der Waals surface area contributed by atoms with Crippen molar-refractivity contribution >= 4 is 44.9 Å². The zero-order valence-electron chi connectivity index (χ0n) is 15.5.